The minimum atomic E-state index is -3.94. The highest BCUT2D eigenvalue weighted by molar-refractivity contribution is 9.11. The molecule has 0 bridgehead atoms. The summed E-state index contributed by atoms with van der Waals surface area (Å²) in [6, 6.07) is 1.96. The van der Waals surface area contributed by atoms with Gasteiger partial charge < -0.3 is 5.11 Å². The van der Waals surface area contributed by atoms with Crippen molar-refractivity contribution in [3.8, 4) is 0 Å². The van der Waals surface area contributed by atoms with Gasteiger partial charge in [-0.3, -0.25) is 4.79 Å². The van der Waals surface area contributed by atoms with Crippen LogP contribution in [0.4, 0.5) is 0 Å². The number of carboxylic acids is 1. The molecule has 0 saturated heterocycles. The fourth-order valence-electron chi connectivity index (χ4n) is 1.71. The van der Waals surface area contributed by atoms with Gasteiger partial charge in [-0.05, 0) is 46.5 Å². The topological polar surface area (TPSA) is 83.5 Å². The average Bonchev–Trinajstić information content (AvgIpc) is 2.38. The molecule has 0 radical (unpaired) electrons. The van der Waals surface area contributed by atoms with E-state index in [-0.39, 0.29) is 10.8 Å². The van der Waals surface area contributed by atoms with Crippen LogP contribution in [0.5, 0.6) is 0 Å². The standard InChI is InChI=1S/C13H17Br2NO4S/c1-4-7(2)12(13(17)18)16-21(19,20)11-6-9(14)8(3)5-10(11)15/h5-7,12,16H,4H2,1-3H3,(H,17,18). The Kier molecular flexibility index (Phi) is 6.39. The van der Waals surface area contributed by atoms with Crippen LogP contribution in [0.2, 0.25) is 0 Å². The summed E-state index contributed by atoms with van der Waals surface area (Å²) < 4.78 is 28.2. The van der Waals surface area contributed by atoms with Gasteiger partial charge in [0, 0.05) is 8.95 Å². The first-order valence-electron chi connectivity index (χ1n) is 6.31. The maximum Gasteiger partial charge on any atom is 0.322 e. The molecule has 0 heterocycles. The Balaban J connectivity index is 3.23. The van der Waals surface area contributed by atoms with Crippen molar-refractivity contribution in [1.29, 1.82) is 0 Å². The van der Waals surface area contributed by atoms with Crippen molar-refractivity contribution in [2.24, 2.45) is 5.92 Å². The van der Waals surface area contributed by atoms with Gasteiger partial charge >= 0.3 is 5.97 Å². The van der Waals surface area contributed by atoms with Crippen LogP contribution in [0.1, 0.15) is 25.8 Å². The molecule has 0 spiro atoms. The molecule has 0 aliphatic rings. The van der Waals surface area contributed by atoms with Crippen molar-refractivity contribution in [3.63, 3.8) is 0 Å². The average molecular weight is 443 g/mol. The molecule has 8 heteroatoms. The third-order valence-corrected chi connectivity index (χ3v) is 6.52. The van der Waals surface area contributed by atoms with E-state index in [1.54, 1.807) is 13.0 Å². The normalized spacial score (nSPS) is 14.7. The highest BCUT2D eigenvalue weighted by Gasteiger charge is 2.30. The van der Waals surface area contributed by atoms with E-state index in [2.05, 4.69) is 36.6 Å². The Hall–Kier alpha value is -0.440. The molecular weight excluding hydrogens is 426 g/mol. The number of nitrogens with one attached hydrogen (secondary N) is 1. The fourth-order valence-corrected chi connectivity index (χ4v) is 4.69. The second kappa shape index (κ2) is 7.21. The molecule has 2 unspecified atom stereocenters. The molecule has 0 amide bonds. The largest absolute Gasteiger partial charge is 0.480 e. The van der Waals surface area contributed by atoms with Gasteiger partial charge in [-0.2, -0.15) is 4.72 Å². The molecular formula is C13H17Br2NO4S. The van der Waals surface area contributed by atoms with Crippen molar-refractivity contribution >= 4 is 47.9 Å². The van der Waals surface area contributed by atoms with E-state index in [1.165, 1.54) is 6.07 Å². The summed E-state index contributed by atoms with van der Waals surface area (Å²) in [7, 11) is -3.94. The van der Waals surface area contributed by atoms with Crippen LogP contribution >= 0.6 is 31.9 Å². The molecule has 0 aliphatic heterocycles. The lowest BCUT2D eigenvalue weighted by Gasteiger charge is -2.20. The number of hydrogen-bond acceptors (Lipinski definition) is 3. The van der Waals surface area contributed by atoms with Gasteiger partial charge in [0.1, 0.15) is 6.04 Å². The van der Waals surface area contributed by atoms with Gasteiger partial charge in [0.05, 0.1) is 4.90 Å². The molecule has 118 valence electrons. The molecule has 5 nitrogen and oxygen atoms in total. The summed E-state index contributed by atoms with van der Waals surface area (Å²) in [5.74, 6) is -1.50. The first-order chi connectivity index (χ1) is 9.60. The number of carboxylic acid groups (broad SMARTS) is 1. The van der Waals surface area contributed by atoms with E-state index in [0.717, 1.165) is 5.56 Å². The number of sulfonamides is 1. The number of carbonyl (C=O) groups is 1. The van der Waals surface area contributed by atoms with Crippen LogP contribution in [-0.2, 0) is 14.8 Å². The Morgan fingerprint density at radius 1 is 1.33 bits per heavy atom. The summed E-state index contributed by atoms with van der Waals surface area (Å²) in [4.78, 5) is 11.3. The molecule has 1 aromatic carbocycles. The summed E-state index contributed by atoms with van der Waals surface area (Å²) in [5.41, 5.74) is 0.873. The van der Waals surface area contributed by atoms with E-state index in [9.17, 15) is 18.3 Å². The minimum absolute atomic E-state index is 0.00882. The van der Waals surface area contributed by atoms with Gasteiger partial charge in [0.2, 0.25) is 10.0 Å². The Bertz CT molecular complexity index is 646. The number of hydrogen-bond donors (Lipinski definition) is 2. The van der Waals surface area contributed by atoms with Crippen LogP contribution < -0.4 is 4.72 Å². The molecule has 2 atom stereocenters. The summed E-state index contributed by atoms with van der Waals surface area (Å²) in [6.07, 6.45) is 0.554. The van der Waals surface area contributed by atoms with Crippen molar-refractivity contribution in [2.75, 3.05) is 0 Å². The zero-order valence-corrected chi connectivity index (χ0v) is 15.8. The third-order valence-electron chi connectivity index (χ3n) is 3.26. The highest BCUT2D eigenvalue weighted by atomic mass is 79.9. The molecule has 0 saturated carbocycles. The first-order valence-corrected chi connectivity index (χ1v) is 9.37. The van der Waals surface area contributed by atoms with Crippen molar-refractivity contribution in [2.45, 2.75) is 38.1 Å². The van der Waals surface area contributed by atoms with E-state index in [0.29, 0.717) is 15.4 Å². The maximum atomic E-state index is 12.4. The second-order valence-corrected chi connectivity index (χ2v) is 8.25. The van der Waals surface area contributed by atoms with Crippen LogP contribution in [-0.4, -0.2) is 25.5 Å². The van der Waals surface area contributed by atoms with E-state index in [4.69, 9.17) is 0 Å². The minimum Gasteiger partial charge on any atom is -0.480 e. The number of halogens is 2. The van der Waals surface area contributed by atoms with Gasteiger partial charge in [0.15, 0.2) is 0 Å². The van der Waals surface area contributed by atoms with Crippen molar-refractivity contribution < 1.29 is 18.3 Å². The summed E-state index contributed by atoms with van der Waals surface area (Å²) in [5, 5.41) is 9.21. The number of aliphatic carboxylic acids is 1. The predicted octanol–water partition coefficient (Wildman–Crippen LogP) is 3.30. The van der Waals surface area contributed by atoms with Gasteiger partial charge in [-0.1, -0.05) is 36.2 Å². The molecule has 21 heavy (non-hydrogen) atoms. The smallest absolute Gasteiger partial charge is 0.322 e. The van der Waals surface area contributed by atoms with Crippen molar-refractivity contribution in [1.82, 2.24) is 4.72 Å². The molecule has 2 N–H and O–H groups in total. The molecule has 0 aromatic heterocycles. The zero-order valence-electron chi connectivity index (χ0n) is 11.9. The van der Waals surface area contributed by atoms with E-state index >= 15 is 0 Å². The van der Waals surface area contributed by atoms with E-state index < -0.39 is 22.0 Å². The van der Waals surface area contributed by atoms with Crippen LogP contribution in [0.15, 0.2) is 26.0 Å². The van der Waals surface area contributed by atoms with Gasteiger partial charge in [-0.15, -0.1) is 0 Å². The van der Waals surface area contributed by atoms with E-state index in [1.807, 2.05) is 13.8 Å². The monoisotopic (exact) mass is 441 g/mol. The Labute approximate surface area is 141 Å². The maximum absolute atomic E-state index is 12.4. The molecule has 0 aliphatic carbocycles. The molecule has 0 fully saturated rings. The van der Waals surface area contributed by atoms with Crippen LogP contribution in [0, 0.1) is 12.8 Å². The van der Waals surface area contributed by atoms with Crippen molar-refractivity contribution in [3.05, 3.63) is 26.6 Å². The number of benzene rings is 1. The Morgan fingerprint density at radius 3 is 2.38 bits per heavy atom. The lowest BCUT2D eigenvalue weighted by molar-refractivity contribution is -0.140. The first kappa shape index (κ1) is 18.6. The summed E-state index contributed by atoms with van der Waals surface area (Å²) >= 11 is 6.49. The van der Waals surface area contributed by atoms with Gasteiger partial charge in [0.25, 0.3) is 0 Å². The molecule has 1 aromatic rings. The SMILES string of the molecule is CCC(C)C(NS(=O)(=O)c1cc(Br)c(C)cc1Br)C(=O)O. The van der Waals surface area contributed by atoms with Crippen LogP contribution in [0.3, 0.4) is 0 Å². The Morgan fingerprint density at radius 2 is 1.90 bits per heavy atom. The third kappa shape index (κ3) is 4.51. The van der Waals surface area contributed by atoms with Crippen LogP contribution in [0.25, 0.3) is 0 Å². The predicted molar refractivity (Wildman–Crippen MR) is 87.8 cm³/mol. The lowest BCUT2D eigenvalue weighted by Crippen LogP contribution is -2.45. The number of aryl methyl sites for hydroxylation is 1. The zero-order chi connectivity index (χ0) is 16.4. The van der Waals surface area contributed by atoms with Gasteiger partial charge in [-0.25, -0.2) is 8.42 Å². The highest BCUT2D eigenvalue weighted by Crippen LogP contribution is 2.29. The quantitative estimate of drug-likeness (QED) is 0.707. The molecule has 1 rings (SSSR count). The summed E-state index contributed by atoms with van der Waals surface area (Å²) in [6.45, 7) is 5.34. The lowest BCUT2D eigenvalue weighted by atomic mass is 10.0. The number of rotatable bonds is 6. The second-order valence-electron chi connectivity index (χ2n) is 4.85. The fraction of sp³-hybridized carbons (Fsp3) is 0.462.